The van der Waals surface area contributed by atoms with E-state index in [1.807, 2.05) is 0 Å². The number of rotatable bonds is 3. The second kappa shape index (κ2) is 6.08. The lowest BCUT2D eigenvalue weighted by atomic mass is 10.0. The topological polar surface area (TPSA) is 53.9 Å². The molecule has 0 unspecified atom stereocenters. The highest BCUT2D eigenvalue weighted by atomic mass is 35.5. The summed E-state index contributed by atoms with van der Waals surface area (Å²) in [6.45, 7) is 2.77. The Labute approximate surface area is 86.2 Å². The van der Waals surface area contributed by atoms with E-state index in [1.165, 1.54) is 6.92 Å². The molecule has 0 saturated heterocycles. The molecule has 0 aromatic heterocycles. The normalized spacial score (nSPS) is 15.3. The summed E-state index contributed by atoms with van der Waals surface area (Å²) in [7, 11) is 0. The smallest absolute Gasteiger partial charge is 0.441 e. The van der Waals surface area contributed by atoms with Crippen LogP contribution < -0.4 is 18.1 Å². The molecule has 3 nitrogen and oxygen atoms in total. The molecular weight excluding hydrogens is 223 g/mol. The first-order valence-corrected chi connectivity index (χ1v) is 3.87. The molecule has 14 heavy (non-hydrogen) atoms. The molecule has 0 aliphatic heterocycles. The summed E-state index contributed by atoms with van der Waals surface area (Å²) in [6.07, 6.45) is -4.45. The van der Waals surface area contributed by atoms with Crippen LogP contribution in [0.1, 0.15) is 13.8 Å². The number of carbonyl (C=O) groups is 1. The number of ether oxygens (including phenoxy) is 1. The molecule has 0 fully saturated rings. The molecule has 0 heterocycles. The lowest BCUT2D eigenvalue weighted by Gasteiger charge is -2.17. The molecule has 0 saturated carbocycles. The minimum Gasteiger partial charge on any atom is -1.00 e. The van der Waals surface area contributed by atoms with Gasteiger partial charge in [0.05, 0.1) is 6.61 Å². The van der Waals surface area contributed by atoms with E-state index in [-0.39, 0.29) is 19.0 Å². The fourth-order valence-electron chi connectivity index (χ4n) is 0.721. The second-order valence-electron chi connectivity index (χ2n) is 2.69. The first-order chi connectivity index (χ1) is 5.80. The fourth-order valence-corrected chi connectivity index (χ4v) is 0.721. The van der Waals surface area contributed by atoms with Gasteiger partial charge in [-0.05, 0) is 13.8 Å². The minimum atomic E-state index is -4.45. The molecule has 0 amide bonds. The predicted molar refractivity (Wildman–Crippen MR) is 38.5 cm³/mol. The maximum atomic E-state index is 12.0. The Bertz CT molecular complexity index is 186. The number of quaternary nitrogens is 1. The zero-order valence-corrected chi connectivity index (χ0v) is 8.65. The zero-order chi connectivity index (χ0) is 10.6. The maximum Gasteiger partial charge on any atom is 0.441 e. The van der Waals surface area contributed by atoms with Crippen LogP contribution in [0.15, 0.2) is 0 Å². The van der Waals surface area contributed by atoms with Crippen LogP contribution in [0.25, 0.3) is 0 Å². The van der Waals surface area contributed by atoms with Gasteiger partial charge in [0.1, 0.15) is 5.92 Å². The Kier molecular flexibility index (Phi) is 6.93. The maximum absolute atomic E-state index is 12.0. The third-order valence-corrected chi connectivity index (χ3v) is 1.68. The summed E-state index contributed by atoms with van der Waals surface area (Å²) in [5, 5.41) is 0. The van der Waals surface area contributed by atoms with Gasteiger partial charge in [-0.1, -0.05) is 0 Å². The van der Waals surface area contributed by atoms with Gasteiger partial charge in [-0.2, -0.15) is 13.2 Å². The van der Waals surface area contributed by atoms with Gasteiger partial charge in [-0.15, -0.1) is 0 Å². The van der Waals surface area contributed by atoms with Crippen LogP contribution in [0, 0.1) is 5.92 Å². The standard InChI is InChI=1S/C7H12F3NO2.ClH/c1-3-13-6(12)4(2)5(11)7(8,9)10;/h4-5H,3,11H2,1-2H3;1H/t4-,5+;/m1./s1. The zero-order valence-electron chi connectivity index (χ0n) is 7.90. The molecule has 0 aromatic rings. The van der Waals surface area contributed by atoms with Crippen molar-refractivity contribution in [2.45, 2.75) is 26.1 Å². The molecule has 0 bridgehead atoms. The van der Waals surface area contributed by atoms with Crippen molar-refractivity contribution in [3.8, 4) is 0 Å². The van der Waals surface area contributed by atoms with Gasteiger partial charge in [0.2, 0.25) is 0 Å². The molecular formula is C7H13ClF3NO2. The third-order valence-electron chi connectivity index (χ3n) is 1.68. The minimum absolute atomic E-state index is 0. The first kappa shape index (κ1) is 16.0. The first-order valence-electron chi connectivity index (χ1n) is 3.87. The number of hydrogen-bond donors (Lipinski definition) is 1. The summed E-state index contributed by atoms with van der Waals surface area (Å²) in [5.41, 5.74) is 2.89. The summed E-state index contributed by atoms with van der Waals surface area (Å²) in [6, 6.07) is -1.91. The van der Waals surface area contributed by atoms with Crippen LogP contribution in [0.2, 0.25) is 0 Å². The van der Waals surface area contributed by atoms with E-state index < -0.39 is 24.1 Å². The van der Waals surface area contributed by atoms with Crippen LogP contribution in [0.3, 0.4) is 0 Å². The van der Waals surface area contributed by atoms with Crippen LogP contribution in [-0.2, 0) is 9.53 Å². The van der Waals surface area contributed by atoms with Crippen LogP contribution in [0.4, 0.5) is 13.2 Å². The molecule has 0 radical (unpaired) electrons. The monoisotopic (exact) mass is 235 g/mol. The molecule has 0 aliphatic rings. The van der Waals surface area contributed by atoms with Crippen molar-refractivity contribution < 1.29 is 40.8 Å². The van der Waals surface area contributed by atoms with Crippen LogP contribution >= 0.6 is 0 Å². The fraction of sp³-hybridized carbons (Fsp3) is 0.857. The van der Waals surface area contributed by atoms with Crippen molar-refractivity contribution in [3.05, 3.63) is 0 Å². The van der Waals surface area contributed by atoms with Crippen molar-refractivity contribution >= 4 is 5.97 Å². The molecule has 0 aliphatic carbocycles. The van der Waals surface area contributed by atoms with Gasteiger partial charge in [0.25, 0.3) is 0 Å². The number of alkyl halides is 3. The molecule has 0 spiro atoms. The van der Waals surface area contributed by atoms with E-state index in [0.29, 0.717) is 0 Å². The Balaban J connectivity index is 0. The van der Waals surface area contributed by atoms with E-state index in [0.717, 1.165) is 6.92 Å². The van der Waals surface area contributed by atoms with Crippen LogP contribution in [0.5, 0.6) is 0 Å². The van der Waals surface area contributed by atoms with Crippen LogP contribution in [-0.4, -0.2) is 24.8 Å². The van der Waals surface area contributed by atoms with Crippen molar-refractivity contribution in [1.82, 2.24) is 0 Å². The third kappa shape index (κ3) is 4.66. The molecule has 2 atom stereocenters. The molecule has 7 heteroatoms. The summed E-state index contributed by atoms with van der Waals surface area (Å²) in [5.74, 6) is -2.11. The van der Waals surface area contributed by atoms with Gasteiger partial charge >= 0.3 is 12.1 Å². The SMILES string of the molecule is CCOC(=O)[C@H](C)[C@H]([NH3+])C(F)(F)F.[Cl-]. The number of halogens is 4. The molecule has 0 aromatic carbocycles. The Morgan fingerprint density at radius 1 is 1.50 bits per heavy atom. The molecule has 3 N–H and O–H groups in total. The van der Waals surface area contributed by atoms with Crippen molar-refractivity contribution in [2.24, 2.45) is 5.92 Å². The lowest BCUT2D eigenvalue weighted by Crippen LogP contribution is -3.00. The van der Waals surface area contributed by atoms with E-state index in [2.05, 4.69) is 10.5 Å². The lowest BCUT2D eigenvalue weighted by molar-refractivity contribution is -0.489. The van der Waals surface area contributed by atoms with Gasteiger partial charge in [-0.3, -0.25) is 4.79 Å². The highest BCUT2D eigenvalue weighted by molar-refractivity contribution is 5.72. The molecule has 86 valence electrons. The van der Waals surface area contributed by atoms with Gasteiger partial charge in [-0.25, -0.2) is 0 Å². The van der Waals surface area contributed by atoms with Gasteiger partial charge in [0, 0.05) is 0 Å². The molecule has 0 rings (SSSR count). The highest BCUT2D eigenvalue weighted by Crippen LogP contribution is 2.23. The quantitative estimate of drug-likeness (QED) is 0.544. The number of carbonyl (C=O) groups excluding carboxylic acids is 1. The number of esters is 1. The number of hydrogen-bond acceptors (Lipinski definition) is 2. The predicted octanol–water partition coefficient (Wildman–Crippen LogP) is -2.64. The van der Waals surface area contributed by atoms with E-state index in [9.17, 15) is 18.0 Å². The van der Waals surface area contributed by atoms with E-state index in [1.54, 1.807) is 0 Å². The summed E-state index contributed by atoms with van der Waals surface area (Å²) in [4.78, 5) is 10.9. The van der Waals surface area contributed by atoms with Gasteiger partial charge < -0.3 is 22.9 Å². The Morgan fingerprint density at radius 2 is 1.93 bits per heavy atom. The Morgan fingerprint density at radius 3 is 2.21 bits per heavy atom. The average molecular weight is 236 g/mol. The van der Waals surface area contributed by atoms with Crippen molar-refractivity contribution in [2.75, 3.05) is 6.61 Å². The largest absolute Gasteiger partial charge is 1.00 e. The summed E-state index contributed by atoms with van der Waals surface area (Å²) >= 11 is 0. The summed E-state index contributed by atoms with van der Waals surface area (Å²) < 4.78 is 40.5. The van der Waals surface area contributed by atoms with E-state index >= 15 is 0 Å². The van der Waals surface area contributed by atoms with Crippen molar-refractivity contribution in [3.63, 3.8) is 0 Å². The average Bonchev–Trinajstić information content (AvgIpc) is 2.00. The Hall–Kier alpha value is -0.490. The highest BCUT2D eigenvalue weighted by Gasteiger charge is 2.47. The van der Waals surface area contributed by atoms with Gasteiger partial charge in [0.15, 0.2) is 6.04 Å². The van der Waals surface area contributed by atoms with Crippen molar-refractivity contribution in [1.29, 1.82) is 0 Å². The second-order valence-corrected chi connectivity index (χ2v) is 2.69. The van der Waals surface area contributed by atoms with E-state index in [4.69, 9.17) is 0 Å².